The first kappa shape index (κ1) is 13.9. The Morgan fingerprint density at radius 2 is 2.21 bits per heavy atom. The molecule has 19 heavy (non-hydrogen) atoms. The van der Waals surface area contributed by atoms with E-state index >= 15 is 0 Å². The van der Waals surface area contributed by atoms with Crippen molar-refractivity contribution in [3.63, 3.8) is 0 Å². The standard InChI is InChI=1S/C15H21NO3/c1-11-8-12(4-5-13(11)19-2)9-16-10-15(14(17)18)6-3-7-15/h4-5,8,16H,3,6-7,9-10H2,1-2H3,(H,17,18). The van der Waals surface area contributed by atoms with Crippen molar-refractivity contribution in [1.82, 2.24) is 5.32 Å². The summed E-state index contributed by atoms with van der Waals surface area (Å²) < 4.78 is 5.22. The summed E-state index contributed by atoms with van der Waals surface area (Å²) in [7, 11) is 1.66. The Hall–Kier alpha value is -1.55. The minimum Gasteiger partial charge on any atom is -0.496 e. The van der Waals surface area contributed by atoms with Crippen LogP contribution in [0.15, 0.2) is 18.2 Å². The molecule has 1 aliphatic rings. The van der Waals surface area contributed by atoms with Crippen LogP contribution in [0.1, 0.15) is 30.4 Å². The van der Waals surface area contributed by atoms with Crippen molar-refractivity contribution < 1.29 is 14.6 Å². The van der Waals surface area contributed by atoms with E-state index < -0.39 is 11.4 Å². The molecule has 0 spiro atoms. The van der Waals surface area contributed by atoms with E-state index in [1.165, 1.54) is 0 Å². The second kappa shape index (κ2) is 5.61. The van der Waals surface area contributed by atoms with Crippen LogP contribution in [0.25, 0.3) is 0 Å². The normalized spacial score (nSPS) is 16.7. The molecule has 1 saturated carbocycles. The van der Waals surface area contributed by atoms with E-state index in [4.69, 9.17) is 4.74 Å². The molecule has 4 heteroatoms. The molecule has 1 aromatic rings. The molecule has 0 aromatic heterocycles. The van der Waals surface area contributed by atoms with Gasteiger partial charge in [-0.15, -0.1) is 0 Å². The number of ether oxygens (including phenoxy) is 1. The second-order valence-electron chi connectivity index (χ2n) is 5.35. The number of hydrogen-bond acceptors (Lipinski definition) is 3. The van der Waals surface area contributed by atoms with Crippen LogP contribution >= 0.6 is 0 Å². The van der Waals surface area contributed by atoms with Gasteiger partial charge in [-0.05, 0) is 37.0 Å². The summed E-state index contributed by atoms with van der Waals surface area (Å²) >= 11 is 0. The molecule has 0 amide bonds. The zero-order chi connectivity index (χ0) is 13.9. The van der Waals surface area contributed by atoms with Crippen LogP contribution in [-0.2, 0) is 11.3 Å². The van der Waals surface area contributed by atoms with E-state index in [2.05, 4.69) is 11.4 Å². The smallest absolute Gasteiger partial charge is 0.310 e. The van der Waals surface area contributed by atoms with Crippen molar-refractivity contribution in [1.29, 1.82) is 0 Å². The summed E-state index contributed by atoms with van der Waals surface area (Å²) in [6.07, 6.45) is 2.60. The topological polar surface area (TPSA) is 58.6 Å². The first-order valence-electron chi connectivity index (χ1n) is 6.65. The fraction of sp³-hybridized carbons (Fsp3) is 0.533. The second-order valence-corrected chi connectivity index (χ2v) is 5.35. The van der Waals surface area contributed by atoms with Crippen molar-refractivity contribution in [2.45, 2.75) is 32.7 Å². The van der Waals surface area contributed by atoms with Gasteiger partial charge in [-0.25, -0.2) is 0 Å². The largest absolute Gasteiger partial charge is 0.496 e. The quantitative estimate of drug-likeness (QED) is 0.827. The van der Waals surface area contributed by atoms with E-state index in [1.807, 2.05) is 19.1 Å². The molecule has 0 heterocycles. The zero-order valence-corrected chi connectivity index (χ0v) is 11.5. The highest BCUT2D eigenvalue weighted by Crippen LogP contribution is 2.40. The summed E-state index contributed by atoms with van der Waals surface area (Å²) in [5.74, 6) is 0.210. The molecule has 4 nitrogen and oxygen atoms in total. The van der Waals surface area contributed by atoms with Crippen LogP contribution in [0, 0.1) is 12.3 Å². The molecule has 0 aliphatic heterocycles. The van der Waals surface area contributed by atoms with Gasteiger partial charge in [-0.3, -0.25) is 4.79 Å². The molecule has 0 bridgehead atoms. The molecular formula is C15H21NO3. The summed E-state index contributed by atoms with van der Waals surface area (Å²) in [5.41, 5.74) is 1.72. The number of carboxylic acids is 1. The average molecular weight is 263 g/mol. The van der Waals surface area contributed by atoms with E-state index in [-0.39, 0.29) is 0 Å². The van der Waals surface area contributed by atoms with Gasteiger partial charge in [0.2, 0.25) is 0 Å². The predicted octanol–water partition coefficient (Wildman–Crippen LogP) is 2.35. The lowest BCUT2D eigenvalue weighted by Crippen LogP contribution is -2.45. The number of aliphatic carboxylic acids is 1. The van der Waals surface area contributed by atoms with E-state index in [0.717, 1.165) is 36.1 Å². The van der Waals surface area contributed by atoms with Gasteiger partial charge in [-0.2, -0.15) is 0 Å². The highest BCUT2D eigenvalue weighted by Gasteiger charge is 2.43. The van der Waals surface area contributed by atoms with Crippen molar-refractivity contribution in [2.75, 3.05) is 13.7 Å². The molecule has 2 N–H and O–H groups in total. The fourth-order valence-electron chi connectivity index (χ4n) is 2.57. The molecule has 1 aromatic carbocycles. The third kappa shape index (κ3) is 2.89. The monoisotopic (exact) mass is 263 g/mol. The number of aryl methyl sites for hydroxylation is 1. The van der Waals surface area contributed by atoms with Crippen LogP contribution in [0.3, 0.4) is 0 Å². The van der Waals surface area contributed by atoms with Gasteiger partial charge in [-0.1, -0.05) is 18.6 Å². The van der Waals surface area contributed by atoms with Gasteiger partial charge >= 0.3 is 5.97 Å². The van der Waals surface area contributed by atoms with Gasteiger partial charge in [0.25, 0.3) is 0 Å². The number of carboxylic acid groups (broad SMARTS) is 1. The Morgan fingerprint density at radius 1 is 1.47 bits per heavy atom. The van der Waals surface area contributed by atoms with Crippen LogP contribution in [0.5, 0.6) is 5.75 Å². The molecule has 2 rings (SSSR count). The van der Waals surface area contributed by atoms with Crippen molar-refractivity contribution in [3.05, 3.63) is 29.3 Å². The van der Waals surface area contributed by atoms with Gasteiger partial charge < -0.3 is 15.2 Å². The highest BCUT2D eigenvalue weighted by molar-refractivity contribution is 5.76. The number of rotatable bonds is 6. The summed E-state index contributed by atoms with van der Waals surface area (Å²) in [6.45, 7) is 3.25. The summed E-state index contributed by atoms with van der Waals surface area (Å²) in [6, 6.07) is 6.02. The molecule has 1 aliphatic carbocycles. The fourth-order valence-corrected chi connectivity index (χ4v) is 2.57. The van der Waals surface area contributed by atoms with Crippen molar-refractivity contribution in [2.24, 2.45) is 5.41 Å². The molecule has 1 fully saturated rings. The van der Waals surface area contributed by atoms with Gasteiger partial charge in [0.05, 0.1) is 12.5 Å². The third-order valence-electron chi connectivity index (χ3n) is 4.02. The highest BCUT2D eigenvalue weighted by atomic mass is 16.5. The Labute approximate surface area is 113 Å². The zero-order valence-electron chi connectivity index (χ0n) is 11.5. The number of benzene rings is 1. The lowest BCUT2D eigenvalue weighted by atomic mass is 9.69. The lowest BCUT2D eigenvalue weighted by molar-refractivity contribution is -0.154. The summed E-state index contributed by atoms with van der Waals surface area (Å²) in [5, 5.41) is 12.5. The molecule has 0 atom stereocenters. The maximum Gasteiger partial charge on any atom is 0.310 e. The molecule has 0 radical (unpaired) electrons. The number of methoxy groups -OCH3 is 1. The van der Waals surface area contributed by atoms with Gasteiger partial charge in [0.15, 0.2) is 0 Å². The van der Waals surface area contributed by atoms with Crippen LogP contribution < -0.4 is 10.1 Å². The maximum absolute atomic E-state index is 11.2. The Bertz CT molecular complexity index is 466. The Balaban J connectivity index is 1.89. The van der Waals surface area contributed by atoms with Crippen molar-refractivity contribution in [3.8, 4) is 5.75 Å². The Kier molecular flexibility index (Phi) is 4.10. The summed E-state index contributed by atoms with van der Waals surface area (Å²) in [4.78, 5) is 11.2. The van der Waals surface area contributed by atoms with Gasteiger partial charge in [0, 0.05) is 13.1 Å². The predicted molar refractivity (Wildman–Crippen MR) is 73.4 cm³/mol. The average Bonchev–Trinajstić information content (AvgIpc) is 2.32. The molecule has 0 unspecified atom stereocenters. The van der Waals surface area contributed by atoms with E-state index in [0.29, 0.717) is 13.1 Å². The SMILES string of the molecule is COc1ccc(CNCC2(C(=O)O)CCC2)cc1C. The number of nitrogens with one attached hydrogen (secondary N) is 1. The lowest BCUT2D eigenvalue weighted by Gasteiger charge is -2.37. The first-order chi connectivity index (χ1) is 9.07. The van der Waals surface area contributed by atoms with Crippen LogP contribution in [-0.4, -0.2) is 24.7 Å². The van der Waals surface area contributed by atoms with E-state index in [1.54, 1.807) is 7.11 Å². The van der Waals surface area contributed by atoms with Crippen LogP contribution in [0.4, 0.5) is 0 Å². The van der Waals surface area contributed by atoms with Gasteiger partial charge in [0.1, 0.15) is 5.75 Å². The Morgan fingerprint density at radius 3 is 2.68 bits per heavy atom. The van der Waals surface area contributed by atoms with Crippen LogP contribution in [0.2, 0.25) is 0 Å². The first-order valence-corrected chi connectivity index (χ1v) is 6.65. The van der Waals surface area contributed by atoms with Crippen molar-refractivity contribution >= 4 is 5.97 Å². The maximum atomic E-state index is 11.2. The third-order valence-corrected chi connectivity index (χ3v) is 4.02. The molecule has 0 saturated heterocycles. The van der Waals surface area contributed by atoms with E-state index in [9.17, 15) is 9.90 Å². The number of hydrogen-bond donors (Lipinski definition) is 2. The minimum absolute atomic E-state index is 0.526. The number of carbonyl (C=O) groups is 1. The molecular weight excluding hydrogens is 242 g/mol. The minimum atomic E-state index is -0.669. The molecule has 104 valence electrons.